The Kier molecular flexibility index (Phi) is 2.31. The smallest absolute Gasteiger partial charge is 0.330 e. The highest BCUT2D eigenvalue weighted by Crippen LogP contribution is 2.63. The molecule has 2 unspecified atom stereocenters. The molecule has 1 saturated carbocycles. The second kappa shape index (κ2) is 3.23. The zero-order valence-corrected chi connectivity index (χ0v) is 9.10. The number of aromatic nitrogens is 2. The van der Waals surface area contributed by atoms with Crippen molar-refractivity contribution in [2.45, 2.75) is 25.9 Å². The van der Waals surface area contributed by atoms with E-state index >= 15 is 0 Å². The van der Waals surface area contributed by atoms with E-state index in [1.165, 1.54) is 0 Å². The van der Waals surface area contributed by atoms with Crippen molar-refractivity contribution in [2.75, 3.05) is 6.54 Å². The summed E-state index contributed by atoms with van der Waals surface area (Å²) in [5.41, 5.74) is 5.21. The highest BCUT2D eigenvalue weighted by atomic mass is 19.4. The van der Waals surface area contributed by atoms with Gasteiger partial charge in [-0.25, -0.2) is 0 Å². The molecule has 2 atom stereocenters. The molecule has 1 aromatic rings. The zero-order valence-electron chi connectivity index (χ0n) is 9.10. The van der Waals surface area contributed by atoms with Gasteiger partial charge in [0.1, 0.15) is 0 Å². The lowest BCUT2D eigenvalue weighted by molar-refractivity contribution is -0.141. The molecular formula is C10H14F3N3. The molecule has 0 bridgehead atoms. The van der Waals surface area contributed by atoms with Gasteiger partial charge in [-0.05, 0) is 23.9 Å². The average molecular weight is 233 g/mol. The van der Waals surface area contributed by atoms with Crippen molar-refractivity contribution in [3.8, 4) is 0 Å². The summed E-state index contributed by atoms with van der Waals surface area (Å²) in [7, 11) is 0. The molecule has 0 radical (unpaired) electrons. The van der Waals surface area contributed by atoms with Gasteiger partial charge in [-0.15, -0.1) is 0 Å². The molecule has 1 heterocycles. The lowest BCUT2D eigenvalue weighted by atomic mass is 10.1. The summed E-state index contributed by atoms with van der Waals surface area (Å²) < 4.78 is 37.0. The minimum atomic E-state index is -4.38. The minimum absolute atomic E-state index is 0.0375. The summed E-state index contributed by atoms with van der Waals surface area (Å²) in [6.45, 7) is 4.49. The largest absolute Gasteiger partial charge is 0.435 e. The Morgan fingerprint density at radius 2 is 2.12 bits per heavy atom. The first kappa shape index (κ1) is 11.4. The third-order valence-corrected chi connectivity index (χ3v) is 3.53. The molecule has 0 amide bonds. The Bertz CT molecular complexity index is 394. The molecule has 90 valence electrons. The quantitative estimate of drug-likeness (QED) is 0.822. The highest BCUT2D eigenvalue weighted by Gasteiger charge is 2.58. The van der Waals surface area contributed by atoms with Crippen molar-refractivity contribution in [1.29, 1.82) is 0 Å². The van der Waals surface area contributed by atoms with Crippen molar-refractivity contribution in [2.24, 2.45) is 17.1 Å². The topological polar surface area (TPSA) is 54.7 Å². The summed E-state index contributed by atoms with van der Waals surface area (Å²) >= 11 is 0. The fourth-order valence-electron chi connectivity index (χ4n) is 2.44. The van der Waals surface area contributed by atoms with Crippen LogP contribution in [0.4, 0.5) is 13.2 Å². The summed E-state index contributed by atoms with van der Waals surface area (Å²) in [5.74, 6) is 0.287. The van der Waals surface area contributed by atoms with Crippen molar-refractivity contribution in [3.63, 3.8) is 0 Å². The van der Waals surface area contributed by atoms with Crippen LogP contribution in [0.2, 0.25) is 0 Å². The van der Waals surface area contributed by atoms with Gasteiger partial charge in [-0.1, -0.05) is 13.8 Å². The molecule has 0 aromatic carbocycles. The van der Waals surface area contributed by atoms with Crippen LogP contribution >= 0.6 is 0 Å². The first-order chi connectivity index (χ1) is 7.28. The molecule has 1 aromatic heterocycles. The maximum absolute atomic E-state index is 12.3. The monoisotopic (exact) mass is 233 g/mol. The van der Waals surface area contributed by atoms with Gasteiger partial charge in [0, 0.05) is 11.6 Å². The van der Waals surface area contributed by atoms with E-state index in [1.54, 1.807) is 0 Å². The second-order valence-corrected chi connectivity index (χ2v) is 4.85. The molecule has 2 rings (SSSR count). The van der Waals surface area contributed by atoms with E-state index in [-0.39, 0.29) is 17.3 Å². The predicted octanol–water partition coefficient (Wildman–Crippen LogP) is 2.13. The van der Waals surface area contributed by atoms with Crippen molar-refractivity contribution in [1.82, 2.24) is 10.2 Å². The molecular weight excluding hydrogens is 219 g/mol. The molecule has 1 aliphatic rings. The Morgan fingerprint density at radius 3 is 2.50 bits per heavy atom. The predicted molar refractivity (Wildman–Crippen MR) is 52.7 cm³/mol. The fraction of sp³-hybridized carbons (Fsp3) is 0.700. The molecule has 6 heteroatoms. The van der Waals surface area contributed by atoms with Crippen LogP contribution in [0, 0.1) is 11.3 Å². The third kappa shape index (κ3) is 1.61. The van der Waals surface area contributed by atoms with E-state index in [2.05, 4.69) is 10.2 Å². The van der Waals surface area contributed by atoms with E-state index in [1.807, 2.05) is 13.8 Å². The third-order valence-electron chi connectivity index (χ3n) is 3.53. The van der Waals surface area contributed by atoms with Gasteiger partial charge in [0.05, 0.1) is 0 Å². The maximum Gasteiger partial charge on any atom is 0.435 e. The maximum atomic E-state index is 12.3. The first-order valence-electron chi connectivity index (χ1n) is 5.11. The van der Waals surface area contributed by atoms with Crippen LogP contribution in [0.3, 0.4) is 0 Å². The number of nitrogens with zero attached hydrogens (tertiary/aromatic N) is 1. The van der Waals surface area contributed by atoms with Crippen LogP contribution < -0.4 is 5.73 Å². The summed E-state index contributed by atoms with van der Waals surface area (Å²) in [6, 6.07) is 1.09. The summed E-state index contributed by atoms with van der Waals surface area (Å²) in [5, 5.41) is 5.76. The molecule has 1 fully saturated rings. The van der Waals surface area contributed by atoms with Crippen LogP contribution in [-0.2, 0) is 6.18 Å². The van der Waals surface area contributed by atoms with Crippen LogP contribution in [0.1, 0.15) is 31.2 Å². The Hall–Kier alpha value is -1.04. The SMILES string of the molecule is CC1(C)C(CN)C1c1cc(C(F)(F)F)n[nH]1. The number of hydrogen-bond acceptors (Lipinski definition) is 2. The normalized spacial score (nSPS) is 28.1. The van der Waals surface area contributed by atoms with Crippen LogP contribution in [0.5, 0.6) is 0 Å². The Morgan fingerprint density at radius 1 is 1.50 bits per heavy atom. The number of aromatic amines is 1. The number of nitrogens with one attached hydrogen (secondary N) is 1. The van der Waals surface area contributed by atoms with Gasteiger partial charge < -0.3 is 5.73 Å². The van der Waals surface area contributed by atoms with Gasteiger partial charge in [0.2, 0.25) is 0 Å². The van der Waals surface area contributed by atoms with Crippen molar-refractivity contribution < 1.29 is 13.2 Å². The molecule has 3 N–H and O–H groups in total. The number of halogens is 3. The number of nitrogens with two attached hydrogens (primary N) is 1. The molecule has 1 aliphatic carbocycles. The molecule has 16 heavy (non-hydrogen) atoms. The standard InChI is InChI=1S/C10H14F3N3/c1-9(2)5(4-14)8(9)6-3-7(16-15-6)10(11,12)13/h3,5,8H,4,14H2,1-2H3,(H,15,16). The average Bonchev–Trinajstić information content (AvgIpc) is 2.57. The van der Waals surface area contributed by atoms with Gasteiger partial charge >= 0.3 is 6.18 Å². The van der Waals surface area contributed by atoms with E-state index in [4.69, 9.17) is 5.73 Å². The molecule has 0 saturated heterocycles. The number of rotatable bonds is 2. The fourth-order valence-corrected chi connectivity index (χ4v) is 2.44. The lowest BCUT2D eigenvalue weighted by Crippen LogP contribution is -2.05. The highest BCUT2D eigenvalue weighted by molar-refractivity contribution is 5.28. The van der Waals surface area contributed by atoms with Crippen molar-refractivity contribution >= 4 is 0 Å². The van der Waals surface area contributed by atoms with E-state index < -0.39 is 11.9 Å². The van der Waals surface area contributed by atoms with Crippen LogP contribution in [-0.4, -0.2) is 16.7 Å². The number of hydrogen-bond donors (Lipinski definition) is 2. The van der Waals surface area contributed by atoms with Crippen molar-refractivity contribution in [3.05, 3.63) is 17.5 Å². The molecule has 0 aliphatic heterocycles. The minimum Gasteiger partial charge on any atom is -0.330 e. The lowest BCUT2D eigenvalue weighted by Gasteiger charge is -2.00. The van der Waals surface area contributed by atoms with Gasteiger partial charge in [-0.3, -0.25) is 5.10 Å². The number of alkyl halides is 3. The Labute approximate surface area is 91.2 Å². The summed E-state index contributed by atoms with van der Waals surface area (Å²) in [6.07, 6.45) is -4.38. The van der Waals surface area contributed by atoms with E-state index in [0.717, 1.165) is 6.07 Å². The number of H-pyrrole nitrogens is 1. The van der Waals surface area contributed by atoms with E-state index in [0.29, 0.717) is 12.2 Å². The second-order valence-electron chi connectivity index (χ2n) is 4.85. The summed E-state index contributed by atoms with van der Waals surface area (Å²) in [4.78, 5) is 0. The van der Waals surface area contributed by atoms with Gasteiger partial charge in [0.25, 0.3) is 0 Å². The van der Waals surface area contributed by atoms with Gasteiger partial charge in [-0.2, -0.15) is 18.3 Å². The Balaban J connectivity index is 2.22. The van der Waals surface area contributed by atoms with Gasteiger partial charge in [0.15, 0.2) is 5.69 Å². The molecule has 3 nitrogen and oxygen atoms in total. The van der Waals surface area contributed by atoms with Crippen LogP contribution in [0.25, 0.3) is 0 Å². The zero-order chi connectivity index (χ0) is 12.1. The first-order valence-corrected chi connectivity index (χ1v) is 5.11. The molecule has 0 spiro atoms. The van der Waals surface area contributed by atoms with Crippen LogP contribution in [0.15, 0.2) is 6.07 Å². The van der Waals surface area contributed by atoms with E-state index in [9.17, 15) is 13.2 Å².